The minimum atomic E-state index is -0.265. The molecule has 2 aromatic heterocycles. The standard InChI is InChI=1S/C29H26N2O2S2/c1-3-4-5-6-7-8-9-27(33)26(17-31)22-15-24-23(29-20(22)11-13-35-29)14-21(25(16-30)18(2)32)19-10-12-34-28(19)24/h10-15H,3-9H2,1-2H3/b25-21+,26-22+. The number of nitrogens with zero attached hydrogens (tertiary/aromatic N) is 2. The number of thiophene rings is 2. The first-order valence-corrected chi connectivity index (χ1v) is 13.7. The average Bonchev–Trinajstić information content (AvgIpc) is 3.53. The van der Waals surface area contributed by atoms with E-state index in [0.717, 1.165) is 50.2 Å². The third-order valence-electron chi connectivity index (χ3n) is 6.42. The molecule has 0 bridgehead atoms. The molecule has 0 spiro atoms. The maximum absolute atomic E-state index is 13.1. The third kappa shape index (κ3) is 4.78. The number of carbonyl (C=O) groups is 2. The second-order valence-corrected chi connectivity index (χ2v) is 10.6. The lowest BCUT2D eigenvalue weighted by Gasteiger charge is -2.07. The Morgan fingerprint density at radius 1 is 0.771 bits per heavy atom. The van der Waals surface area contributed by atoms with Gasteiger partial charge >= 0.3 is 0 Å². The Labute approximate surface area is 212 Å². The van der Waals surface area contributed by atoms with Crippen molar-refractivity contribution in [2.24, 2.45) is 0 Å². The van der Waals surface area contributed by atoms with Crippen LogP contribution in [-0.2, 0) is 9.59 Å². The normalized spacial score (nSPS) is 13.0. The van der Waals surface area contributed by atoms with Crippen LogP contribution in [-0.4, -0.2) is 11.6 Å². The fraction of sp³-hybridized carbons (Fsp3) is 0.310. The Hall–Kier alpha value is -3.32. The summed E-state index contributed by atoms with van der Waals surface area (Å²) >= 11 is 3.08. The molecule has 2 aromatic carbocycles. The molecule has 35 heavy (non-hydrogen) atoms. The number of Topliss-reactive ketones (excluding diaryl/α,β-unsaturated/α-hetero) is 2. The second-order valence-electron chi connectivity index (χ2n) is 8.74. The van der Waals surface area contributed by atoms with Gasteiger partial charge in [0.1, 0.15) is 23.3 Å². The smallest absolute Gasteiger partial charge is 0.174 e. The number of benzene rings is 2. The molecule has 4 rings (SSSR count). The van der Waals surface area contributed by atoms with E-state index in [2.05, 4.69) is 19.1 Å². The molecule has 4 aromatic rings. The zero-order valence-electron chi connectivity index (χ0n) is 19.9. The summed E-state index contributed by atoms with van der Waals surface area (Å²) in [5.74, 6) is -0.371. The van der Waals surface area contributed by atoms with Gasteiger partial charge in [-0.25, -0.2) is 0 Å². The molecule has 0 aliphatic heterocycles. The highest BCUT2D eigenvalue weighted by Gasteiger charge is 2.17. The fourth-order valence-corrected chi connectivity index (χ4v) is 6.52. The fourth-order valence-electron chi connectivity index (χ4n) is 4.64. The number of rotatable bonds is 9. The molecule has 0 aliphatic carbocycles. The first-order valence-electron chi connectivity index (χ1n) is 11.9. The molecule has 0 atom stereocenters. The van der Waals surface area contributed by atoms with Gasteiger partial charge in [-0.3, -0.25) is 9.59 Å². The van der Waals surface area contributed by atoms with Crippen LogP contribution in [0.25, 0.3) is 42.1 Å². The Balaban J connectivity index is 1.93. The van der Waals surface area contributed by atoms with Crippen molar-refractivity contribution in [3.8, 4) is 12.1 Å². The quantitative estimate of drug-likeness (QED) is 0.246. The van der Waals surface area contributed by atoms with Crippen molar-refractivity contribution in [2.45, 2.75) is 58.8 Å². The van der Waals surface area contributed by atoms with E-state index in [9.17, 15) is 20.1 Å². The van der Waals surface area contributed by atoms with Crippen molar-refractivity contribution in [1.82, 2.24) is 0 Å². The average molecular weight is 499 g/mol. The largest absolute Gasteiger partial charge is 0.294 e. The molecule has 0 N–H and O–H groups in total. The lowest BCUT2D eigenvalue weighted by Crippen LogP contribution is -2.15. The van der Waals surface area contributed by atoms with Gasteiger partial charge in [-0.2, -0.15) is 10.5 Å². The van der Waals surface area contributed by atoms with Gasteiger partial charge in [0.2, 0.25) is 0 Å². The SMILES string of the molecule is CCCCCCCCC(=O)/C(C#N)=c1\cc2c(c/c(=C(/C#N)C(C)=O)c3ccsc32)c2sccc12. The van der Waals surface area contributed by atoms with Crippen LogP contribution in [0.15, 0.2) is 35.0 Å². The van der Waals surface area contributed by atoms with Crippen molar-refractivity contribution < 1.29 is 9.59 Å². The first kappa shape index (κ1) is 24.8. The topological polar surface area (TPSA) is 81.7 Å². The van der Waals surface area contributed by atoms with Crippen LogP contribution in [0.3, 0.4) is 0 Å². The highest BCUT2D eigenvalue weighted by atomic mass is 32.1. The molecule has 0 unspecified atom stereocenters. The Bertz CT molecular complexity index is 1660. The van der Waals surface area contributed by atoms with Crippen molar-refractivity contribution in [2.75, 3.05) is 0 Å². The number of fused-ring (bicyclic) bond motifs is 5. The highest BCUT2D eigenvalue weighted by molar-refractivity contribution is 7.19. The van der Waals surface area contributed by atoms with E-state index in [-0.39, 0.29) is 22.7 Å². The molecule has 176 valence electrons. The monoisotopic (exact) mass is 498 g/mol. The second kappa shape index (κ2) is 11.0. The molecule has 2 heterocycles. The molecule has 0 saturated carbocycles. The maximum atomic E-state index is 13.1. The highest BCUT2D eigenvalue weighted by Crippen LogP contribution is 2.33. The summed E-state index contributed by atoms with van der Waals surface area (Å²) in [6.45, 7) is 3.59. The molecule has 6 heteroatoms. The lowest BCUT2D eigenvalue weighted by molar-refractivity contribution is -0.114. The van der Waals surface area contributed by atoms with E-state index >= 15 is 0 Å². The Kier molecular flexibility index (Phi) is 7.76. The van der Waals surface area contributed by atoms with Gasteiger partial charge < -0.3 is 0 Å². The zero-order valence-corrected chi connectivity index (χ0v) is 21.6. The summed E-state index contributed by atoms with van der Waals surface area (Å²) in [6, 6.07) is 12.0. The van der Waals surface area contributed by atoms with E-state index in [0.29, 0.717) is 16.9 Å². The number of ketones is 2. The molecule has 4 nitrogen and oxygen atoms in total. The van der Waals surface area contributed by atoms with Gasteiger partial charge in [-0.05, 0) is 48.4 Å². The van der Waals surface area contributed by atoms with Crippen molar-refractivity contribution >= 4 is 76.3 Å². The maximum Gasteiger partial charge on any atom is 0.174 e. The first-order chi connectivity index (χ1) is 17.0. The van der Waals surface area contributed by atoms with Crippen LogP contribution in [0.4, 0.5) is 0 Å². The summed E-state index contributed by atoms with van der Waals surface area (Å²) in [5.41, 5.74) is 0.355. The predicted molar refractivity (Wildman–Crippen MR) is 146 cm³/mol. The van der Waals surface area contributed by atoms with E-state index in [1.807, 2.05) is 35.0 Å². The Morgan fingerprint density at radius 2 is 1.29 bits per heavy atom. The van der Waals surface area contributed by atoms with Gasteiger partial charge in [0.05, 0.1) is 0 Å². The number of hydrogen-bond donors (Lipinski definition) is 0. The molecule has 0 radical (unpaired) electrons. The summed E-state index contributed by atoms with van der Waals surface area (Å²) in [5, 5.41) is 28.4. The number of hydrogen-bond acceptors (Lipinski definition) is 6. The van der Waals surface area contributed by atoms with E-state index in [1.165, 1.54) is 37.5 Å². The molecular formula is C29H26N2O2S2. The zero-order chi connectivity index (χ0) is 24.9. The van der Waals surface area contributed by atoms with Crippen LogP contribution in [0.5, 0.6) is 0 Å². The van der Waals surface area contributed by atoms with Gasteiger partial charge in [-0.1, -0.05) is 39.0 Å². The minimum absolute atomic E-state index is 0.106. The van der Waals surface area contributed by atoms with Crippen LogP contribution in [0.2, 0.25) is 0 Å². The summed E-state index contributed by atoms with van der Waals surface area (Å²) < 4.78 is 1.90. The molecule has 0 saturated heterocycles. The number of unbranched alkanes of at least 4 members (excludes halogenated alkanes) is 5. The van der Waals surface area contributed by atoms with Crippen LogP contribution in [0.1, 0.15) is 58.8 Å². The molecule has 0 amide bonds. The van der Waals surface area contributed by atoms with Crippen molar-refractivity contribution in [3.63, 3.8) is 0 Å². The van der Waals surface area contributed by atoms with Crippen LogP contribution < -0.4 is 10.4 Å². The van der Waals surface area contributed by atoms with E-state index in [4.69, 9.17) is 0 Å². The molecule has 0 aliphatic rings. The van der Waals surface area contributed by atoms with Crippen LogP contribution >= 0.6 is 22.7 Å². The predicted octanol–water partition coefficient (Wildman–Crippen LogP) is 6.53. The van der Waals surface area contributed by atoms with Gasteiger partial charge in [0.15, 0.2) is 11.6 Å². The van der Waals surface area contributed by atoms with Crippen LogP contribution in [0, 0.1) is 22.7 Å². The lowest BCUT2D eigenvalue weighted by atomic mass is 9.96. The van der Waals surface area contributed by atoms with Gasteiger partial charge in [0.25, 0.3) is 0 Å². The van der Waals surface area contributed by atoms with E-state index < -0.39 is 0 Å². The number of nitriles is 2. The van der Waals surface area contributed by atoms with Crippen molar-refractivity contribution in [1.29, 1.82) is 10.5 Å². The van der Waals surface area contributed by atoms with E-state index in [1.54, 1.807) is 11.3 Å². The van der Waals surface area contributed by atoms with Gasteiger partial charge in [-0.15, -0.1) is 22.7 Å². The summed E-state index contributed by atoms with van der Waals surface area (Å²) in [7, 11) is 0. The summed E-state index contributed by atoms with van der Waals surface area (Å²) in [6.07, 6.45) is 6.89. The molecular weight excluding hydrogens is 472 g/mol. The minimum Gasteiger partial charge on any atom is -0.294 e. The van der Waals surface area contributed by atoms with Gasteiger partial charge in [0, 0.05) is 47.8 Å². The Morgan fingerprint density at radius 3 is 1.80 bits per heavy atom. The number of carbonyl (C=O) groups excluding carboxylic acids is 2. The van der Waals surface area contributed by atoms with Crippen molar-refractivity contribution in [3.05, 3.63) is 45.5 Å². The summed E-state index contributed by atoms with van der Waals surface area (Å²) in [4.78, 5) is 25.3. The molecule has 0 fully saturated rings. The third-order valence-corrected chi connectivity index (χ3v) is 8.31.